The van der Waals surface area contributed by atoms with Crippen molar-refractivity contribution in [3.63, 3.8) is 0 Å². The number of nitrogens with zero attached hydrogens (tertiary/aromatic N) is 1. The number of sulfone groups is 1. The summed E-state index contributed by atoms with van der Waals surface area (Å²) in [4.78, 5) is 0. The van der Waals surface area contributed by atoms with Crippen LogP contribution >= 0.6 is 0 Å². The summed E-state index contributed by atoms with van der Waals surface area (Å²) in [6.45, 7) is 4.54. The highest BCUT2D eigenvalue weighted by Crippen LogP contribution is 2.22. The molecule has 96 valence electrons. The predicted octanol–water partition coefficient (Wildman–Crippen LogP) is 1.25. The van der Waals surface area contributed by atoms with E-state index < -0.39 is 9.84 Å². The van der Waals surface area contributed by atoms with Gasteiger partial charge in [-0.05, 0) is 19.8 Å². The molecule has 0 aliphatic carbocycles. The summed E-state index contributed by atoms with van der Waals surface area (Å²) >= 11 is 0. The number of rotatable bonds is 4. The lowest BCUT2D eigenvalue weighted by Crippen LogP contribution is -2.23. The third-order valence-electron chi connectivity index (χ3n) is 3.14. The first-order valence-electron chi connectivity index (χ1n) is 5.78. The highest BCUT2D eigenvalue weighted by molar-refractivity contribution is 7.91. The van der Waals surface area contributed by atoms with Crippen LogP contribution in [0, 0.1) is 6.92 Å². The average Bonchev–Trinajstić information content (AvgIpc) is 2.90. The van der Waals surface area contributed by atoms with Crippen molar-refractivity contribution in [1.29, 1.82) is 0 Å². The van der Waals surface area contributed by atoms with E-state index in [9.17, 15) is 8.42 Å². The molecule has 0 bridgehead atoms. The van der Waals surface area contributed by atoms with E-state index in [0.29, 0.717) is 31.8 Å². The van der Waals surface area contributed by atoms with Crippen molar-refractivity contribution in [3.8, 4) is 0 Å². The summed E-state index contributed by atoms with van der Waals surface area (Å²) in [5, 5.41) is 3.50. The van der Waals surface area contributed by atoms with Crippen LogP contribution in [-0.2, 0) is 26.7 Å². The Bertz CT molecular complexity index is 486. The van der Waals surface area contributed by atoms with E-state index in [1.54, 1.807) is 6.92 Å². The van der Waals surface area contributed by atoms with Crippen molar-refractivity contribution < 1.29 is 17.7 Å². The number of ether oxygens (including phenoxy) is 1. The van der Waals surface area contributed by atoms with Gasteiger partial charge in [0.2, 0.25) is 0 Å². The molecule has 1 aromatic rings. The Morgan fingerprint density at radius 2 is 2.24 bits per heavy atom. The minimum absolute atomic E-state index is 0.0134. The van der Waals surface area contributed by atoms with Crippen LogP contribution in [0.25, 0.3) is 0 Å². The first-order chi connectivity index (χ1) is 8.04. The molecule has 0 saturated carbocycles. The molecule has 0 radical (unpaired) electrons. The summed E-state index contributed by atoms with van der Waals surface area (Å²) in [6.07, 6.45) is 1.28. The maximum absolute atomic E-state index is 12.2. The molecule has 1 aliphatic rings. The largest absolute Gasteiger partial charge is 0.380 e. The minimum Gasteiger partial charge on any atom is -0.380 e. The SMILES string of the molecule is CCc1noc(C)c1CS(=O)(=O)[C@H]1CCOC1. The monoisotopic (exact) mass is 259 g/mol. The second kappa shape index (κ2) is 4.78. The van der Waals surface area contributed by atoms with Gasteiger partial charge in [-0.15, -0.1) is 0 Å². The molecule has 2 rings (SSSR count). The molecule has 6 heteroatoms. The third kappa shape index (κ3) is 2.52. The smallest absolute Gasteiger partial charge is 0.159 e. The molecule has 5 nitrogen and oxygen atoms in total. The van der Waals surface area contributed by atoms with E-state index in [4.69, 9.17) is 9.26 Å². The molecule has 0 amide bonds. The lowest BCUT2D eigenvalue weighted by atomic mass is 10.2. The zero-order valence-corrected chi connectivity index (χ0v) is 10.9. The van der Waals surface area contributed by atoms with E-state index in [-0.39, 0.29) is 11.0 Å². The third-order valence-corrected chi connectivity index (χ3v) is 5.22. The molecular formula is C11H17NO4S. The van der Waals surface area contributed by atoms with Crippen molar-refractivity contribution in [1.82, 2.24) is 5.16 Å². The van der Waals surface area contributed by atoms with E-state index in [2.05, 4.69) is 5.16 Å². The highest BCUT2D eigenvalue weighted by Gasteiger charge is 2.31. The molecular weight excluding hydrogens is 242 g/mol. The number of hydrogen-bond acceptors (Lipinski definition) is 5. The number of hydrogen-bond donors (Lipinski definition) is 0. The minimum atomic E-state index is -3.16. The van der Waals surface area contributed by atoms with Crippen LogP contribution in [0.5, 0.6) is 0 Å². The summed E-state index contributed by atoms with van der Waals surface area (Å²) in [5.41, 5.74) is 1.46. The van der Waals surface area contributed by atoms with Gasteiger partial charge in [-0.1, -0.05) is 12.1 Å². The van der Waals surface area contributed by atoms with Gasteiger partial charge in [-0.3, -0.25) is 0 Å². The number of aryl methyl sites for hydroxylation is 2. The van der Waals surface area contributed by atoms with Gasteiger partial charge in [0, 0.05) is 12.2 Å². The van der Waals surface area contributed by atoms with E-state index in [1.165, 1.54) is 0 Å². The van der Waals surface area contributed by atoms with Crippen molar-refractivity contribution in [2.24, 2.45) is 0 Å². The van der Waals surface area contributed by atoms with Crippen molar-refractivity contribution in [2.75, 3.05) is 13.2 Å². The lowest BCUT2D eigenvalue weighted by molar-refractivity contribution is 0.198. The van der Waals surface area contributed by atoms with E-state index in [0.717, 1.165) is 11.3 Å². The van der Waals surface area contributed by atoms with Gasteiger partial charge in [0.15, 0.2) is 9.84 Å². The molecule has 0 aromatic carbocycles. The van der Waals surface area contributed by atoms with Gasteiger partial charge in [0.1, 0.15) is 5.76 Å². The molecule has 1 saturated heterocycles. The van der Waals surface area contributed by atoms with Crippen LogP contribution in [0.15, 0.2) is 4.52 Å². The normalized spacial score (nSPS) is 20.9. The Hall–Kier alpha value is -0.880. The van der Waals surface area contributed by atoms with Crippen LogP contribution in [0.3, 0.4) is 0 Å². The Kier molecular flexibility index (Phi) is 3.53. The van der Waals surface area contributed by atoms with Gasteiger partial charge >= 0.3 is 0 Å². The van der Waals surface area contributed by atoms with Gasteiger partial charge in [-0.25, -0.2) is 8.42 Å². The Balaban J connectivity index is 2.22. The maximum atomic E-state index is 12.2. The zero-order valence-electron chi connectivity index (χ0n) is 10.1. The van der Waals surface area contributed by atoms with E-state index >= 15 is 0 Å². The van der Waals surface area contributed by atoms with Crippen molar-refractivity contribution in [3.05, 3.63) is 17.0 Å². The number of aromatic nitrogens is 1. The predicted molar refractivity (Wildman–Crippen MR) is 62.5 cm³/mol. The molecule has 2 heterocycles. The quantitative estimate of drug-likeness (QED) is 0.814. The second-order valence-electron chi connectivity index (χ2n) is 4.31. The standard InChI is InChI=1S/C11H17NO4S/c1-3-11-10(8(2)16-12-11)7-17(13,14)9-4-5-15-6-9/h9H,3-7H2,1-2H3/t9-/m0/s1. The van der Waals surface area contributed by atoms with Crippen LogP contribution in [0.2, 0.25) is 0 Å². The topological polar surface area (TPSA) is 69.4 Å². The fourth-order valence-corrected chi connectivity index (χ4v) is 3.78. The average molecular weight is 259 g/mol. The Labute approximate surface area is 101 Å². The van der Waals surface area contributed by atoms with Crippen LogP contribution < -0.4 is 0 Å². The molecule has 0 N–H and O–H groups in total. The van der Waals surface area contributed by atoms with Crippen LogP contribution in [-0.4, -0.2) is 32.0 Å². The summed E-state index contributed by atoms with van der Waals surface area (Å²) < 4.78 is 34.5. The lowest BCUT2D eigenvalue weighted by Gasteiger charge is -2.09. The summed E-state index contributed by atoms with van der Waals surface area (Å²) in [7, 11) is -3.16. The van der Waals surface area contributed by atoms with Crippen LogP contribution in [0.4, 0.5) is 0 Å². The maximum Gasteiger partial charge on any atom is 0.159 e. The molecule has 1 aliphatic heterocycles. The van der Waals surface area contributed by atoms with Gasteiger partial charge < -0.3 is 9.26 Å². The first kappa shape index (κ1) is 12.6. The fraction of sp³-hybridized carbons (Fsp3) is 0.727. The van der Waals surface area contributed by atoms with Gasteiger partial charge in [-0.2, -0.15) is 0 Å². The first-order valence-corrected chi connectivity index (χ1v) is 7.49. The molecule has 0 unspecified atom stereocenters. The molecule has 1 fully saturated rings. The van der Waals surface area contributed by atoms with Crippen molar-refractivity contribution in [2.45, 2.75) is 37.7 Å². The van der Waals surface area contributed by atoms with Crippen molar-refractivity contribution >= 4 is 9.84 Å². The molecule has 17 heavy (non-hydrogen) atoms. The Morgan fingerprint density at radius 1 is 1.47 bits per heavy atom. The van der Waals surface area contributed by atoms with Gasteiger partial charge in [0.05, 0.1) is 23.3 Å². The molecule has 0 spiro atoms. The van der Waals surface area contributed by atoms with E-state index in [1.807, 2.05) is 6.92 Å². The summed E-state index contributed by atoms with van der Waals surface area (Å²) in [5.74, 6) is 0.615. The zero-order chi connectivity index (χ0) is 12.5. The Morgan fingerprint density at radius 3 is 2.82 bits per heavy atom. The fourth-order valence-electron chi connectivity index (χ4n) is 2.01. The molecule has 1 atom stereocenters. The van der Waals surface area contributed by atoms with Crippen LogP contribution in [0.1, 0.15) is 30.4 Å². The second-order valence-corrected chi connectivity index (χ2v) is 6.59. The van der Waals surface area contributed by atoms with Gasteiger partial charge in [0.25, 0.3) is 0 Å². The summed E-state index contributed by atoms with van der Waals surface area (Å²) in [6, 6.07) is 0. The molecule has 1 aromatic heterocycles. The highest BCUT2D eigenvalue weighted by atomic mass is 32.2.